The lowest BCUT2D eigenvalue weighted by atomic mass is 9.85. The largest absolute Gasteiger partial charge is 0.372 e. The van der Waals surface area contributed by atoms with E-state index in [0.717, 1.165) is 12.8 Å². The van der Waals surface area contributed by atoms with Crippen molar-refractivity contribution >= 4 is 0 Å². The third-order valence-electron chi connectivity index (χ3n) is 4.19. The molecule has 0 aromatic rings. The highest BCUT2D eigenvalue weighted by atomic mass is 16.5. The third kappa shape index (κ3) is 2.82. The highest BCUT2D eigenvalue weighted by Gasteiger charge is 2.35. The molecule has 17 heavy (non-hydrogen) atoms. The first-order chi connectivity index (χ1) is 8.22. The smallest absolute Gasteiger partial charge is 0.107 e. The second-order valence-corrected chi connectivity index (χ2v) is 5.29. The highest BCUT2D eigenvalue weighted by molar-refractivity contribution is 5.22. The van der Waals surface area contributed by atoms with Gasteiger partial charge in [-0.15, -0.1) is 0 Å². The van der Waals surface area contributed by atoms with E-state index in [1.54, 1.807) is 7.11 Å². The van der Waals surface area contributed by atoms with Gasteiger partial charge in [0.1, 0.15) is 6.61 Å². The van der Waals surface area contributed by atoms with Crippen LogP contribution in [0, 0.1) is 29.6 Å². The quantitative estimate of drug-likeness (QED) is 0.494. The zero-order chi connectivity index (χ0) is 12.3. The summed E-state index contributed by atoms with van der Waals surface area (Å²) in [6.45, 7) is 9.05. The van der Waals surface area contributed by atoms with Crippen molar-refractivity contribution < 1.29 is 4.74 Å². The van der Waals surface area contributed by atoms with E-state index in [9.17, 15) is 0 Å². The first-order valence-electron chi connectivity index (χ1n) is 6.55. The molecule has 1 unspecified atom stereocenters. The standard InChI is InChI=1S/C16H22O/c1-12-6-8-14(5-4-10-17-3)11-16-13(2)7-9-15(12)16/h14-16H,1-2,6-11H2,3H3/t14?,15-,16-/m0/s1. The van der Waals surface area contributed by atoms with Crippen LogP contribution in [0.15, 0.2) is 24.3 Å². The van der Waals surface area contributed by atoms with E-state index in [1.165, 1.54) is 30.4 Å². The molecule has 92 valence electrons. The molecule has 0 aromatic heterocycles. The van der Waals surface area contributed by atoms with Gasteiger partial charge in [0.2, 0.25) is 0 Å². The van der Waals surface area contributed by atoms with Crippen molar-refractivity contribution in [3.8, 4) is 11.8 Å². The van der Waals surface area contributed by atoms with E-state index in [1.807, 2.05) is 0 Å². The number of rotatable bonds is 1. The molecule has 0 amide bonds. The molecule has 2 fully saturated rings. The van der Waals surface area contributed by atoms with Gasteiger partial charge in [-0.2, -0.15) is 0 Å². The van der Waals surface area contributed by atoms with Crippen molar-refractivity contribution in [3.63, 3.8) is 0 Å². The summed E-state index contributed by atoms with van der Waals surface area (Å²) in [5.41, 5.74) is 2.86. The molecule has 0 aromatic carbocycles. The van der Waals surface area contributed by atoms with Crippen LogP contribution < -0.4 is 0 Å². The molecule has 0 N–H and O–H groups in total. The molecule has 1 nitrogen and oxygen atoms in total. The van der Waals surface area contributed by atoms with Gasteiger partial charge >= 0.3 is 0 Å². The van der Waals surface area contributed by atoms with Gasteiger partial charge in [-0.25, -0.2) is 0 Å². The Kier molecular flexibility index (Phi) is 4.07. The van der Waals surface area contributed by atoms with Crippen LogP contribution >= 0.6 is 0 Å². The maximum Gasteiger partial charge on any atom is 0.107 e. The number of hydrogen-bond donors (Lipinski definition) is 0. The molecule has 2 aliphatic carbocycles. The SMILES string of the molecule is C=C1CCC(C#CCOC)C[C@H]2C(=C)CC[C@@H]12. The first kappa shape index (κ1) is 12.5. The zero-order valence-corrected chi connectivity index (χ0v) is 10.8. The summed E-state index contributed by atoms with van der Waals surface area (Å²) in [4.78, 5) is 0. The minimum absolute atomic E-state index is 0.506. The number of allylic oxidation sites excluding steroid dienone is 2. The van der Waals surface area contributed by atoms with Crippen LogP contribution in [-0.4, -0.2) is 13.7 Å². The summed E-state index contributed by atoms with van der Waals surface area (Å²) < 4.78 is 4.98. The molecule has 2 aliphatic rings. The predicted molar refractivity (Wildman–Crippen MR) is 71.5 cm³/mol. The molecular weight excluding hydrogens is 208 g/mol. The molecule has 0 bridgehead atoms. The van der Waals surface area contributed by atoms with Gasteiger partial charge < -0.3 is 4.74 Å². The van der Waals surface area contributed by atoms with Crippen LogP contribution in [0.2, 0.25) is 0 Å². The van der Waals surface area contributed by atoms with E-state index in [0.29, 0.717) is 24.4 Å². The molecule has 0 aliphatic heterocycles. The molecule has 2 rings (SSSR count). The molecule has 0 saturated heterocycles. The van der Waals surface area contributed by atoms with E-state index in [-0.39, 0.29) is 0 Å². The molecule has 1 heteroatoms. The second-order valence-electron chi connectivity index (χ2n) is 5.29. The summed E-state index contributed by atoms with van der Waals surface area (Å²) in [5.74, 6) is 8.31. The van der Waals surface area contributed by atoms with Crippen LogP contribution in [-0.2, 0) is 4.74 Å². The van der Waals surface area contributed by atoms with E-state index >= 15 is 0 Å². The summed E-state index contributed by atoms with van der Waals surface area (Å²) in [6.07, 6.45) is 5.93. The van der Waals surface area contributed by atoms with Gasteiger partial charge in [0.25, 0.3) is 0 Å². The van der Waals surface area contributed by atoms with Crippen molar-refractivity contribution in [1.29, 1.82) is 0 Å². The summed E-state index contributed by atoms with van der Waals surface area (Å²) in [6, 6.07) is 0. The molecule has 0 spiro atoms. The number of methoxy groups -OCH3 is 1. The highest BCUT2D eigenvalue weighted by Crippen LogP contribution is 2.46. The van der Waals surface area contributed by atoms with Crippen LogP contribution in [0.1, 0.15) is 32.1 Å². The Bertz CT molecular complexity index is 369. The van der Waals surface area contributed by atoms with E-state index < -0.39 is 0 Å². The number of ether oxygens (including phenoxy) is 1. The van der Waals surface area contributed by atoms with E-state index in [2.05, 4.69) is 25.0 Å². The van der Waals surface area contributed by atoms with Crippen LogP contribution in [0.25, 0.3) is 0 Å². The van der Waals surface area contributed by atoms with Gasteiger partial charge in [-0.1, -0.05) is 36.1 Å². The third-order valence-corrected chi connectivity index (χ3v) is 4.19. The molecule has 0 radical (unpaired) electrons. The van der Waals surface area contributed by atoms with Crippen molar-refractivity contribution in [2.45, 2.75) is 32.1 Å². The van der Waals surface area contributed by atoms with Crippen molar-refractivity contribution in [2.24, 2.45) is 17.8 Å². The Balaban J connectivity index is 2.06. The number of hydrogen-bond acceptors (Lipinski definition) is 1. The Labute approximate surface area is 105 Å². The second kappa shape index (κ2) is 5.56. The van der Waals surface area contributed by atoms with Crippen LogP contribution in [0.3, 0.4) is 0 Å². The molecule has 2 saturated carbocycles. The fourth-order valence-corrected chi connectivity index (χ4v) is 3.19. The fraction of sp³-hybridized carbons (Fsp3) is 0.625. The van der Waals surface area contributed by atoms with Gasteiger partial charge in [-0.3, -0.25) is 0 Å². The lowest BCUT2D eigenvalue weighted by Crippen LogP contribution is -2.10. The maximum absolute atomic E-state index is 4.98. The van der Waals surface area contributed by atoms with Crippen molar-refractivity contribution in [3.05, 3.63) is 24.3 Å². The summed E-state index contributed by atoms with van der Waals surface area (Å²) in [7, 11) is 1.69. The van der Waals surface area contributed by atoms with Gasteiger partial charge in [0.15, 0.2) is 0 Å². The average molecular weight is 230 g/mol. The minimum Gasteiger partial charge on any atom is -0.372 e. The Hall–Kier alpha value is -1.00. The Morgan fingerprint density at radius 2 is 1.88 bits per heavy atom. The lowest BCUT2D eigenvalue weighted by Gasteiger charge is -2.19. The van der Waals surface area contributed by atoms with Gasteiger partial charge in [0, 0.05) is 13.0 Å². The Morgan fingerprint density at radius 3 is 2.65 bits per heavy atom. The maximum atomic E-state index is 4.98. The molecule has 3 atom stereocenters. The summed E-state index contributed by atoms with van der Waals surface area (Å²) >= 11 is 0. The zero-order valence-electron chi connectivity index (χ0n) is 10.8. The van der Waals surface area contributed by atoms with E-state index in [4.69, 9.17) is 4.74 Å². The molecule has 0 heterocycles. The monoisotopic (exact) mass is 230 g/mol. The topological polar surface area (TPSA) is 9.23 Å². The molecular formula is C16H22O. The fourth-order valence-electron chi connectivity index (χ4n) is 3.19. The number of fused-ring (bicyclic) bond motifs is 1. The normalized spacial score (nSPS) is 32.6. The first-order valence-corrected chi connectivity index (χ1v) is 6.55. The van der Waals surface area contributed by atoms with Gasteiger partial charge in [-0.05, 0) is 43.9 Å². The summed E-state index contributed by atoms with van der Waals surface area (Å²) in [5, 5.41) is 0. The minimum atomic E-state index is 0.506. The Morgan fingerprint density at radius 1 is 1.18 bits per heavy atom. The van der Waals surface area contributed by atoms with Crippen molar-refractivity contribution in [1.82, 2.24) is 0 Å². The van der Waals surface area contributed by atoms with Crippen LogP contribution in [0.4, 0.5) is 0 Å². The van der Waals surface area contributed by atoms with Crippen LogP contribution in [0.5, 0.6) is 0 Å². The lowest BCUT2D eigenvalue weighted by molar-refractivity contribution is 0.239. The van der Waals surface area contributed by atoms with Crippen molar-refractivity contribution in [2.75, 3.05) is 13.7 Å². The predicted octanol–water partition coefficient (Wildman–Crippen LogP) is 3.57. The average Bonchev–Trinajstić information content (AvgIpc) is 2.59. The van der Waals surface area contributed by atoms with Gasteiger partial charge in [0.05, 0.1) is 0 Å².